The number of carbonyl (C=O) groups excluding carboxylic acids is 1. The summed E-state index contributed by atoms with van der Waals surface area (Å²) in [7, 11) is 0. The maximum Gasteiger partial charge on any atom is 0.255 e. The van der Waals surface area contributed by atoms with E-state index >= 15 is 0 Å². The first kappa shape index (κ1) is 12.5. The van der Waals surface area contributed by atoms with Crippen molar-refractivity contribution in [2.75, 3.05) is 0 Å². The van der Waals surface area contributed by atoms with E-state index in [2.05, 4.69) is 29.6 Å². The van der Waals surface area contributed by atoms with Crippen molar-refractivity contribution in [3.63, 3.8) is 0 Å². The highest BCUT2D eigenvalue weighted by Crippen LogP contribution is 2.16. The van der Waals surface area contributed by atoms with Gasteiger partial charge in [-0.15, -0.1) is 0 Å². The Morgan fingerprint density at radius 2 is 1.90 bits per heavy atom. The van der Waals surface area contributed by atoms with Gasteiger partial charge in [-0.1, -0.05) is 36.4 Å². The number of rotatable bonds is 3. The summed E-state index contributed by atoms with van der Waals surface area (Å²) >= 11 is 0. The van der Waals surface area contributed by atoms with Gasteiger partial charge >= 0.3 is 0 Å². The van der Waals surface area contributed by atoms with Crippen LogP contribution in [-0.2, 0) is 6.54 Å². The summed E-state index contributed by atoms with van der Waals surface area (Å²) in [6, 6.07) is 16.1. The van der Waals surface area contributed by atoms with E-state index in [9.17, 15) is 4.79 Å². The van der Waals surface area contributed by atoms with Crippen LogP contribution in [0.25, 0.3) is 10.8 Å². The van der Waals surface area contributed by atoms with Gasteiger partial charge in [0.25, 0.3) is 5.91 Å². The molecule has 0 spiro atoms. The Labute approximate surface area is 117 Å². The van der Waals surface area contributed by atoms with Crippen LogP contribution in [0.3, 0.4) is 0 Å². The number of nitrogens with one attached hydrogen (secondary N) is 1. The second-order valence-corrected chi connectivity index (χ2v) is 4.75. The Hall–Kier alpha value is -2.55. The summed E-state index contributed by atoms with van der Waals surface area (Å²) in [5.74, 6) is 0.533. The predicted molar refractivity (Wildman–Crippen MR) is 78.6 cm³/mol. The minimum absolute atomic E-state index is 0.107. The molecule has 0 atom stereocenters. The van der Waals surface area contributed by atoms with Gasteiger partial charge in [-0.2, -0.15) is 0 Å². The highest BCUT2D eigenvalue weighted by atomic mass is 16.3. The molecule has 0 radical (unpaired) electrons. The molecular weight excluding hydrogens is 250 g/mol. The molecule has 20 heavy (non-hydrogen) atoms. The maximum atomic E-state index is 12.0. The van der Waals surface area contributed by atoms with E-state index in [-0.39, 0.29) is 5.91 Å². The molecule has 0 saturated heterocycles. The molecule has 0 bridgehead atoms. The average Bonchev–Trinajstić information content (AvgIpc) is 2.91. The molecule has 3 aromatic rings. The highest BCUT2D eigenvalue weighted by Gasteiger charge is 2.10. The smallest absolute Gasteiger partial charge is 0.255 e. The van der Waals surface area contributed by atoms with Crippen LogP contribution in [0.4, 0.5) is 0 Å². The first-order valence-electron chi connectivity index (χ1n) is 6.54. The second kappa shape index (κ2) is 5.21. The Morgan fingerprint density at radius 1 is 1.10 bits per heavy atom. The molecule has 100 valence electrons. The molecule has 0 aliphatic rings. The summed E-state index contributed by atoms with van der Waals surface area (Å²) in [6.07, 6.45) is 1.53. The Kier molecular flexibility index (Phi) is 3.25. The standard InChI is InChI=1S/C17H15NO2/c1-12-16(8-9-20-12)17(19)18-11-13-6-7-14-4-2-3-5-15(14)10-13/h2-10H,11H2,1H3,(H,18,19). The zero-order valence-electron chi connectivity index (χ0n) is 11.2. The van der Waals surface area contributed by atoms with E-state index < -0.39 is 0 Å². The molecule has 0 unspecified atom stereocenters. The van der Waals surface area contributed by atoms with Crippen LogP contribution < -0.4 is 5.32 Å². The van der Waals surface area contributed by atoms with Crippen LogP contribution in [0.1, 0.15) is 21.7 Å². The topological polar surface area (TPSA) is 42.2 Å². The summed E-state index contributed by atoms with van der Waals surface area (Å²) in [5.41, 5.74) is 1.67. The van der Waals surface area contributed by atoms with Gasteiger partial charge in [0.1, 0.15) is 5.76 Å². The van der Waals surface area contributed by atoms with Crippen LogP contribution in [-0.4, -0.2) is 5.91 Å². The van der Waals surface area contributed by atoms with Crippen molar-refractivity contribution in [1.82, 2.24) is 5.32 Å². The molecule has 3 rings (SSSR count). The van der Waals surface area contributed by atoms with E-state index in [1.165, 1.54) is 17.0 Å². The molecule has 1 N–H and O–H groups in total. The number of aryl methyl sites for hydroxylation is 1. The molecule has 0 aliphatic carbocycles. The van der Waals surface area contributed by atoms with E-state index in [4.69, 9.17) is 4.42 Å². The fourth-order valence-corrected chi connectivity index (χ4v) is 2.25. The Morgan fingerprint density at radius 3 is 2.65 bits per heavy atom. The predicted octanol–water partition coefficient (Wildman–Crippen LogP) is 3.67. The van der Waals surface area contributed by atoms with Crippen LogP contribution in [0.15, 0.2) is 59.2 Å². The molecule has 0 aliphatic heterocycles. The number of hydrogen-bond acceptors (Lipinski definition) is 2. The first-order chi connectivity index (χ1) is 9.74. The summed E-state index contributed by atoms with van der Waals surface area (Å²) in [6.45, 7) is 2.29. The molecule has 0 fully saturated rings. The lowest BCUT2D eigenvalue weighted by Crippen LogP contribution is -2.22. The Bertz CT molecular complexity index is 758. The maximum absolute atomic E-state index is 12.0. The zero-order valence-corrected chi connectivity index (χ0v) is 11.2. The number of benzene rings is 2. The third kappa shape index (κ3) is 2.43. The van der Waals surface area contributed by atoms with Gasteiger partial charge in [-0.3, -0.25) is 4.79 Å². The van der Waals surface area contributed by atoms with Gasteiger partial charge in [-0.05, 0) is 35.4 Å². The van der Waals surface area contributed by atoms with Gasteiger partial charge in [0.15, 0.2) is 0 Å². The van der Waals surface area contributed by atoms with Crippen molar-refractivity contribution < 1.29 is 9.21 Å². The molecule has 3 nitrogen and oxygen atoms in total. The van der Waals surface area contributed by atoms with Crippen molar-refractivity contribution in [2.24, 2.45) is 0 Å². The zero-order chi connectivity index (χ0) is 13.9. The van der Waals surface area contributed by atoms with Gasteiger partial charge < -0.3 is 9.73 Å². The van der Waals surface area contributed by atoms with Crippen LogP contribution in [0.5, 0.6) is 0 Å². The quantitative estimate of drug-likeness (QED) is 0.785. The number of fused-ring (bicyclic) bond motifs is 1. The van der Waals surface area contributed by atoms with Gasteiger partial charge in [0, 0.05) is 6.54 Å². The molecular formula is C17H15NO2. The number of amides is 1. The van der Waals surface area contributed by atoms with E-state index in [0.717, 1.165) is 5.56 Å². The lowest BCUT2D eigenvalue weighted by molar-refractivity contribution is 0.0949. The fraction of sp³-hybridized carbons (Fsp3) is 0.118. The summed E-state index contributed by atoms with van der Waals surface area (Å²) < 4.78 is 5.13. The van der Waals surface area contributed by atoms with Gasteiger partial charge in [0.05, 0.1) is 11.8 Å². The third-order valence-corrected chi connectivity index (χ3v) is 3.37. The number of carbonyl (C=O) groups is 1. The number of hydrogen-bond donors (Lipinski definition) is 1. The third-order valence-electron chi connectivity index (χ3n) is 3.37. The minimum atomic E-state index is -0.107. The lowest BCUT2D eigenvalue weighted by Gasteiger charge is -2.06. The highest BCUT2D eigenvalue weighted by molar-refractivity contribution is 5.95. The summed E-state index contributed by atoms with van der Waals surface area (Å²) in [4.78, 5) is 12.0. The number of furan rings is 1. The van der Waals surface area contributed by atoms with Crippen molar-refractivity contribution in [3.8, 4) is 0 Å². The van der Waals surface area contributed by atoms with E-state index in [1.54, 1.807) is 13.0 Å². The van der Waals surface area contributed by atoms with Gasteiger partial charge in [-0.25, -0.2) is 0 Å². The lowest BCUT2D eigenvalue weighted by atomic mass is 10.1. The molecule has 2 aromatic carbocycles. The molecule has 0 saturated carbocycles. The molecule has 1 heterocycles. The molecule has 1 amide bonds. The molecule has 1 aromatic heterocycles. The second-order valence-electron chi connectivity index (χ2n) is 4.75. The van der Waals surface area contributed by atoms with Crippen molar-refractivity contribution >= 4 is 16.7 Å². The van der Waals surface area contributed by atoms with Gasteiger partial charge in [0.2, 0.25) is 0 Å². The SMILES string of the molecule is Cc1occc1C(=O)NCc1ccc2ccccc2c1. The average molecular weight is 265 g/mol. The minimum Gasteiger partial charge on any atom is -0.469 e. The first-order valence-corrected chi connectivity index (χ1v) is 6.54. The van der Waals surface area contributed by atoms with Crippen LogP contribution in [0.2, 0.25) is 0 Å². The van der Waals surface area contributed by atoms with Crippen LogP contribution in [0, 0.1) is 6.92 Å². The van der Waals surface area contributed by atoms with Crippen LogP contribution >= 0.6 is 0 Å². The fourth-order valence-electron chi connectivity index (χ4n) is 2.25. The monoisotopic (exact) mass is 265 g/mol. The van der Waals surface area contributed by atoms with Crippen molar-refractivity contribution in [1.29, 1.82) is 0 Å². The van der Waals surface area contributed by atoms with E-state index in [0.29, 0.717) is 17.9 Å². The van der Waals surface area contributed by atoms with Crippen molar-refractivity contribution in [2.45, 2.75) is 13.5 Å². The largest absolute Gasteiger partial charge is 0.469 e. The molecule has 3 heteroatoms. The van der Waals surface area contributed by atoms with E-state index in [1.807, 2.05) is 18.2 Å². The summed E-state index contributed by atoms with van der Waals surface area (Å²) in [5, 5.41) is 5.29. The Balaban J connectivity index is 1.74. The van der Waals surface area contributed by atoms with Crippen molar-refractivity contribution in [3.05, 3.63) is 71.7 Å². The normalized spacial score (nSPS) is 10.7.